The van der Waals surface area contributed by atoms with Crippen LogP contribution in [0.1, 0.15) is 12.8 Å². The Morgan fingerprint density at radius 1 is 1.25 bits per heavy atom. The summed E-state index contributed by atoms with van der Waals surface area (Å²) < 4.78 is 26.9. The van der Waals surface area contributed by atoms with Crippen molar-refractivity contribution in [1.29, 1.82) is 0 Å². The van der Waals surface area contributed by atoms with Crippen molar-refractivity contribution in [3.8, 4) is 0 Å². The lowest BCUT2D eigenvalue weighted by atomic mass is 10.0. The van der Waals surface area contributed by atoms with Crippen LogP contribution in [0.3, 0.4) is 0 Å². The Balaban J connectivity index is 2.12. The van der Waals surface area contributed by atoms with Gasteiger partial charge in [-0.2, -0.15) is 0 Å². The van der Waals surface area contributed by atoms with Crippen molar-refractivity contribution in [2.24, 2.45) is 5.41 Å². The molecule has 106 valence electrons. The number of carbonyl (C=O) groups is 2. The molecule has 1 fully saturated rings. The minimum atomic E-state index is -1.22. The van der Waals surface area contributed by atoms with Crippen molar-refractivity contribution in [2.75, 3.05) is 11.9 Å². The van der Waals surface area contributed by atoms with Crippen LogP contribution in [0.2, 0.25) is 0 Å². The summed E-state index contributed by atoms with van der Waals surface area (Å²) in [4.78, 5) is 24.0. The Hall–Kier alpha value is -2.24. The number of para-hydroxylation sites is 1. The van der Waals surface area contributed by atoms with Gasteiger partial charge in [-0.25, -0.2) is 8.78 Å². The molecule has 2 rings (SSSR count). The maximum Gasteiger partial charge on any atom is 0.240 e. The minimum absolute atomic E-state index is 0.238. The molecule has 6 heteroatoms. The Labute approximate surface area is 114 Å². The summed E-state index contributed by atoms with van der Waals surface area (Å²) in [6, 6.07) is 3.27. The molecule has 4 nitrogen and oxygen atoms in total. The largest absolute Gasteiger partial charge is 0.352 e. The molecule has 0 spiro atoms. The monoisotopic (exact) mass is 280 g/mol. The highest BCUT2D eigenvalue weighted by Crippen LogP contribution is 2.47. The van der Waals surface area contributed by atoms with Gasteiger partial charge in [0.2, 0.25) is 11.8 Å². The number of hydrogen-bond donors (Lipinski definition) is 2. The summed E-state index contributed by atoms with van der Waals surface area (Å²) in [5.74, 6) is -2.89. The molecule has 1 aromatic carbocycles. The van der Waals surface area contributed by atoms with E-state index in [1.54, 1.807) is 0 Å². The number of anilines is 1. The fraction of sp³-hybridized carbons (Fsp3) is 0.286. The first-order valence-electron chi connectivity index (χ1n) is 6.16. The quantitative estimate of drug-likeness (QED) is 0.640. The standard InChI is InChI=1S/C14H14F2N2O2/c1-2-8-17-12(19)14(6-7-14)13(20)18-11-9(15)4-3-5-10(11)16/h2-5H,1,6-8H2,(H,17,19)(H,18,20). The molecule has 0 atom stereocenters. The van der Waals surface area contributed by atoms with Crippen LogP contribution in [0.15, 0.2) is 30.9 Å². The summed E-state index contributed by atoms with van der Waals surface area (Å²) in [6.07, 6.45) is 2.21. The lowest BCUT2D eigenvalue weighted by Gasteiger charge is -2.15. The molecule has 1 saturated carbocycles. The maximum atomic E-state index is 13.5. The van der Waals surface area contributed by atoms with Crippen molar-refractivity contribution in [2.45, 2.75) is 12.8 Å². The number of hydrogen-bond acceptors (Lipinski definition) is 2. The number of benzene rings is 1. The molecule has 2 amide bonds. The van der Waals surface area contributed by atoms with E-state index in [1.165, 1.54) is 12.1 Å². The van der Waals surface area contributed by atoms with Gasteiger partial charge in [-0.3, -0.25) is 9.59 Å². The average molecular weight is 280 g/mol. The lowest BCUT2D eigenvalue weighted by Crippen LogP contribution is -2.40. The smallest absolute Gasteiger partial charge is 0.240 e. The Morgan fingerprint density at radius 2 is 1.85 bits per heavy atom. The number of nitrogens with one attached hydrogen (secondary N) is 2. The fourth-order valence-electron chi connectivity index (χ4n) is 1.87. The predicted octanol–water partition coefficient (Wildman–Crippen LogP) is 1.99. The van der Waals surface area contributed by atoms with E-state index in [4.69, 9.17) is 0 Å². The molecule has 0 radical (unpaired) electrons. The molecular formula is C14H14F2N2O2. The third kappa shape index (κ3) is 2.54. The van der Waals surface area contributed by atoms with Crippen LogP contribution in [0.4, 0.5) is 14.5 Å². The summed E-state index contributed by atoms with van der Waals surface area (Å²) in [7, 11) is 0. The minimum Gasteiger partial charge on any atom is -0.352 e. The van der Waals surface area contributed by atoms with E-state index in [0.717, 1.165) is 12.1 Å². The molecule has 0 heterocycles. The van der Waals surface area contributed by atoms with Gasteiger partial charge in [0.15, 0.2) is 0 Å². The van der Waals surface area contributed by atoms with E-state index < -0.39 is 34.6 Å². The Morgan fingerprint density at radius 3 is 2.35 bits per heavy atom. The highest BCUT2D eigenvalue weighted by atomic mass is 19.1. The van der Waals surface area contributed by atoms with Gasteiger partial charge in [-0.1, -0.05) is 12.1 Å². The van der Waals surface area contributed by atoms with Gasteiger partial charge in [0.05, 0.1) is 0 Å². The van der Waals surface area contributed by atoms with Gasteiger partial charge >= 0.3 is 0 Å². The van der Waals surface area contributed by atoms with Crippen LogP contribution in [0.25, 0.3) is 0 Å². The predicted molar refractivity (Wildman–Crippen MR) is 69.9 cm³/mol. The topological polar surface area (TPSA) is 58.2 Å². The van der Waals surface area contributed by atoms with Gasteiger partial charge < -0.3 is 10.6 Å². The van der Waals surface area contributed by atoms with E-state index in [1.807, 2.05) is 0 Å². The molecule has 1 aliphatic carbocycles. The number of amides is 2. The first-order chi connectivity index (χ1) is 9.51. The van der Waals surface area contributed by atoms with Gasteiger partial charge in [0, 0.05) is 6.54 Å². The van der Waals surface area contributed by atoms with Crippen LogP contribution in [0, 0.1) is 17.0 Å². The number of rotatable bonds is 5. The molecule has 1 aliphatic rings. The summed E-state index contributed by atoms with van der Waals surface area (Å²) >= 11 is 0. The van der Waals surface area contributed by atoms with Crippen molar-refractivity contribution in [3.63, 3.8) is 0 Å². The SMILES string of the molecule is C=CCNC(=O)C1(C(=O)Nc2c(F)cccc2F)CC1. The zero-order valence-corrected chi connectivity index (χ0v) is 10.7. The van der Waals surface area contributed by atoms with E-state index in [-0.39, 0.29) is 6.54 Å². The third-order valence-electron chi connectivity index (χ3n) is 3.23. The normalized spacial score (nSPS) is 15.3. The van der Waals surface area contributed by atoms with Gasteiger partial charge in [0.25, 0.3) is 0 Å². The van der Waals surface area contributed by atoms with Crippen molar-refractivity contribution < 1.29 is 18.4 Å². The number of carbonyl (C=O) groups excluding carboxylic acids is 2. The van der Waals surface area contributed by atoms with Crippen LogP contribution in [-0.2, 0) is 9.59 Å². The van der Waals surface area contributed by atoms with Crippen LogP contribution >= 0.6 is 0 Å². The summed E-state index contributed by atoms with van der Waals surface area (Å²) in [5, 5.41) is 4.69. The Kier molecular flexibility index (Phi) is 3.83. The number of halogens is 2. The van der Waals surface area contributed by atoms with Gasteiger partial charge in [-0.15, -0.1) is 6.58 Å². The van der Waals surface area contributed by atoms with Gasteiger partial charge in [0.1, 0.15) is 22.7 Å². The van der Waals surface area contributed by atoms with E-state index in [9.17, 15) is 18.4 Å². The molecule has 0 aromatic heterocycles. The molecular weight excluding hydrogens is 266 g/mol. The first-order valence-corrected chi connectivity index (χ1v) is 6.16. The van der Waals surface area contributed by atoms with Crippen molar-refractivity contribution in [3.05, 3.63) is 42.5 Å². The summed E-state index contributed by atoms with van der Waals surface area (Å²) in [5.41, 5.74) is -1.75. The fourth-order valence-corrected chi connectivity index (χ4v) is 1.87. The molecule has 0 unspecified atom stereocenters. The Bertz CT molecular complexity index is 548. The van der Waals surface area contributed by atoms with Crippen molar-refractivity contribution >= 4 is 17.5 Å². The van der Waals surface area contributed by atoms with E-state index >= 15 is 0 Å². The third-order valence-corrected chi connectivity index (χ3v) is 3.23. The highest BCUT2D eigenvalue weighted by molar-refractivity contribution is 6.13. The second-order valence-corrected chi connectivity index (χ2v) is 4.63. The zero-order chi connectivity index (χ0) is 14.8. The maximum absolute atomic E-state index is 13.5. The van der Waals surface area contributed by atoms with E-state index in [0.29, 0.717) is 12.8 Å². The molecule has 0 saturated heterocycles. The molecule has 20 heavy (non-hydrogen) atoms. The second kappa shape index (κ2) is 5.40. The van der Waals surface area contributed by atoms with Gasteiger partial charge in [-0.05, 0) is 25.0 Å². The summed E-state index contributed by atoms with van der Waals surface area (Å²) in [6.45, 7) is 3.69. The van der Waals surface area contributed by atoms with E-state index in [2.05, 4.69) is 17.2 Å². The second-order valence-electron chi connectivity index (χ2n) is 4.63. The first kappa shape index (κ1) is 14.2. The molecule has 0 aliphatic heterocycles. The van der Waals surface area contributed by atoms with Crippen LogP contribution < -0.4 is 10.6 Å². The highest BCUT2D eigenvalue weighted by Gasteiger charge is 2.56. The average Bonchev–Trinajstić information content (AvgIpc) is 3.21. The van der Waals surface area contributed by atoms with Crippen LogP contribution in [0.5, 0.6) is 0 Å². The zero-order valence-electron chi connectivity index (χ0n) is 10.7. The lowest BCUT2D eigenvalue weighted by molar-refractivity contribution is -0.134. The molecule has 2 N–H and O–H groups in total. The molecule has 1 aromatic rings. The van der Waals surface area contributed by atoms with Crippen LogP contribution in [-0.4, -0.2) is 18.4 Å². The molecule has 0 bridgehead atoms. The van der Waals surface area contributed by atoms with Crippen molar-refractivity contribution in [1.82, 2.24) is 5.32 Å².